The van der Waals surface area contributed by atoms with Crippen molar-refractivity contribution in [2.24, 2.45) is 0 Å². The van der Waals surface area contributed by atoms with E-state index in [1.54, 1.807) is 37.3 Å². The largest absolute Gasteiger partial charge is 0.481 e. The molecule has 0 aliphatic heterocycles. The van der Waals surface area contributed by atoms with Crippen LogP contribution in [0, 0.1) is 0 Å². The van der Waals surface area contributed by atoms with Crippen molar-refractivity contribution in [3.63, 3.8) is 0 Å². The first-order chi connectivity index (χ1) is 11.0. The van der Waals surface area contributed by atoms with Gasteiger partial charge in [-0.3, -0.25) is 14.6 Å². The van der Waals surface area contributed by atoms with E-state index in [4.69, 9.17) is 11.6 Å². The van der Waals surface area contributed by atoms with Gasteiger partial charge in [0.2, 0.25) is 5.78 Å². The minimum absolute atomic E-state index is 0.267. The molecule has 0 saturated carbocycles. The van der Waals surface area contributed by atoms with Crippen molar-refractivity contribution in [3.8, 4) is 0 Å². The molecule has 23 heavy (non-hydrogen) atoms. The molecule has 0 radical (unpaired) electrons. The highest BCUT2D eigenvalue weighted by molar-refractivity contribution is 6.31. The lowest BCUT2D eigenvalue weighted by atomic mass is 9.94. The topological polar surface area (TPSA) is 83.0 Å². The van der Waals surface area contributed by atoms with Gasteiger partial charge in [-0.05, 0) is 31.2 Å². The second-order valence-electron chi connectivity index (χ2n) is 5.23. The van der Waals surface area contributed by atoms with Gasteiger partial charge in [0.25, 0.3) is 0 Å². The molecule has 2 heterocycles. The summed E-state index contributed by atoms with van der Waals surface area (Å²) >= 11 is 5.99. The zero-order valence-electron chi connectivity index (χ0n) is 12.2. The van der Waals surface area contributed by atoms with Gasteiger partial charge in [-0.25, -0.2) is 0 Å². The molecule has 0 saturated heterocycles. The Morgan fingerprint density at radius 1 is 1.22 bits per heavy atom. The first kappa shape index (κ1) is 15.2. The molecule has 1 aromatic carbocycles. The van der Waals surface area contributed by atoms with Crippen LogP contribution in [0.3, 0.4) is 0 Å². The van der Waals surface area contributed by atoms with E-state index < -0.39 is 11.9 Å². The van der Waals surface area contributed by atoms with Crippen LogP contribution < -0.4 is 0 Å². The number of aromatic nitrogens is 2. The fourth-order valence-electron chi connectivity index (χ4n) is 2.59. The van der Waals surface area contributed by atoms with Crippen LogP contribution in [-0.4, -0.2) is 26.8 Å². The number of H-pyrrole nitrogens is 1. The van der Waals surface area contributed by atoms with Crippen molar-refractivity contribution in [1.82, 2.24) is 9.97 Å². The highest BCUT2D eigenvalue weighted by Gasteiger charge is 2.26. The van der Waals surface area contributed by atoms with E-state index in [1.807, 2.05) is 0 Å². The van der Waals surface area contributed by atoms with E-state index in [1.165, 1.54) is 12.4 Å². The zero-order valence-corrected chi connectivity index (χ0v) is 13.0. The molecule has 0 aliphatic carbocycles. The van der Waals surface area contributed by atoms with Crippen LogP contribution in [0.2, 0.25) is 5.02 Å². The summed E-state index contributed by atoms with van der Waals surface area (Å²) in [6.45, 7) is 1.56. The Labute approximate surface area is 136 Å². The fourth-order valence-corrected chi connectivity index (χ4v) is 2.76. The first-order valence-electron chi connectivity index (χ1n) is 6.97. The van der Waals surface area contributed by atoms with Gasteiger partial charge in [0.1, 0.15) is 0 Å². The number of benzene rings is 1. The first-order valence-corrected chi connectivity index (χ1v) is 7.35. The third kappa shape index (κ3) is 2.71. The molecule has 0 aliphatic rings. The summed E-state index contributed by atoms with van der Waals surface area (Å²) in [5.41, 5.74) is 1.81. The molecule has 1 unspecified atom stereocenters. The van der Waals surface area contributed by atoms with E-state index >= 15 is 0 Å². The van der Waals surface area contributed by atoms with Crippen molar-refractivity contribution in [1.29, 1.82) is 0 Å². The predicted octanol–water partition coefficient (Wildman–Crippen LogP) is 3.64. The molecule has 3 rings (SSSR count). The lowest BCUT2D eigenvalue weighted by Gasteiger charge is -2.08. The average Bonchev–Trinajstić information content (AvgIpc) is 2.92. The minimum Gasteiger partial charge on any atom is -0.481 e. The Morgan fingerprint density at radius 2 is 1.91 bits per heavy atom. The van der Waals surface area contributed by atoms with E-state index in [9.17, 15) is 14.7 Å². The molecule has 0 spiro atoms. The SMILES string of the molecule is CC(C(=O)O)c1c(C(=O)c2ccncc2)[nH]c2cc(Cl)ccc12. The van der Waals surface area contributed by atoms with Crippen molar-refractivity contribution in [3.05, 3.63) is 64.6 Å². The molecule has 2 aromatic heterocycles. The van der Waals surface area contributed by atoms with Gasteiger partial charge in [-0.1, -0.05) is 17.7 Å². The number of hydrogen-bond acceptors (Lipinski definition) is 3. The summed E-state index contributed by atoms with van der Waals surface area (Å²) in [5.74, 6) is -2.10. The lowest BCUT2D eigenvalue weighted by molar-refractivity contribution is -0.138. The van der Waals surface area contributed by atoms with Gasteiger partial charge in [-0.2, -0.15) is 0 Å². The van der Waals surface area contributed by atoms with Gasteiger partial charge in [0.15, 0.2) is 0 Å². The molecule has 6 heteroatoms. The molecular weight excluding hydrogens is 316 g/mol. The number of carboxylic acids is 1. The maximum atomic E-state index is 12.8. The number of hydrogen-bond donors (Lipinski definition) is 2. The molecule has 116 valence electrons. The van der Waals surface area contributed by atoms with Crippen LogP contribution >= 0.6 is 11.6 Å². The highest BCUT2D eigenvalue weighted by Crippen LogP contribution is 2.32. The molecule has 3 aromatic rings. The number of carbonyl (C=O) groups is 2. The Bertz CT molecular complexity index is 903. The van der Waals surface area contributed by atoms with Crippen LogP contribution in [0.5, 0.6) is 0 Å². The van der Waals surface area contributed by atoms with Crippen molar-refractivity contribution in [2.45, 2.75) is 12.8 Å². The standard InChI is InChI=1S/C17H13ClN2O3/c1-9(17(22)23)14-12-3-2-11(18)8-13(12)20-15(14)16(21)10-4-6-19-7-5-10/h2-9,20H,1H3,(H,22,23). The monoisotopic (exact) mass is 328 g/mol. The molecule has 0 bridgehead atoms. The van der Waals surface area contributed by atoms with Crippen LogP contribution in [0.15, 0.2) is 42.7 Å². The molecule has 1 atom stereocenters. The van der Waals surface area contributed by atoms with Gasteiger partial charge in [0, 0.05) is 39.4 Å². The van der Waals surface area contributed by atoms with Gasteiger partial charge < -0.3 is 10.1 Å². The summed E-state index contributed by atoms with van der Waals surface area (Å²) < 4.78 is 0. The number of nitrogens with zero attached hydrogens (tertiary/aromatic N) is 1. The van der Waals surface area contributed by atoms with Crippen LogP contribution in [-0.2, 0) is 4.79 Å². The number of fused-ring (bicyclic) bond motifs is 1. The Balaban J connectivity index is 2.25. The Hall–Kier alpha value is -2.66. The van der Waals surface area contributed by atoms with Gasteiger partial charge in [0.05, 0.1) is 11.6 Å². The van der Waals surface area contributed by atoms with E-state index in [0.29, 0.717) is 27.1 Å². The fraction of sp³-hybridized carbons (Fsp3) is 0.118. The van der Waals surface area contributed by atoms with Crippen LogP contribution in [0.25, 0.3) is 10.9 Å². The molecule has 0 fully saturated rings. The third-order valence-corrected chi connectivity index (χ3v) is 4.01. The number of halogens is 1. The second-order valence-corrected chi connectivity index (χ2v) is 5.66. The molecule has 5 nitrogen and oxygen atoms in total. The highest BCUT2D eigenvalue weighted by atomic mass is 35.5. The second kappa shape index (κ2) is 5.85. The maximum absolute atomic E-state index is 12.8. The number of rotatable bonds is 4. The van der Waals surface area contributed by atoms with Crippen LogP contribution in [0.4, 0.5) is 0 Å². The molecule has 2 N–H and O–H groups in total. The maximum Gasteiger partial charge on any atom is 0.310 e. The zero-order chi connectivity index (χ0) is 16.6. The quantitative estimate of drug-likeness (QED) is 0.716. The van der Waals surface area contributed by atoms with Crippen molar-refractivity contribution < 1.29 is 14.7 Å². The predicted molar refractivity (Wildman–Crippen MR) is 87.0 cm³/mol. The van der Waals surface area contributed by atoms with Crippen LogP contribution in [0.1, 0.15) is 34.5 Å². The summed E-state index contributed by atoms with van der Waals surface area (Å²) in [4.78, 5) is 31.1. The Morgan fingerprint density at radius 3 is 2.57 bits per heavy atom. The van der Waals surface area contributed by atoms with Gasteiger partial charge >= 0.3 is 5.97 Å². The molecular formula is C17H13ClN2O3. The molecule has 0 amide bonds. The van der Waals surface area contributed by atoms with E-state index in [2.05, 4.69) is 9.97 Å². The van der Waals surface area contributed by atoms with Crippen molar-refractivity contribution >= 4 is 34.3 Å². The Kier molecular flexibility index (Phi) is 3.88. The number of carbonyl (C=O) groups excluding carboxylic acids is 1. The van der Waals surface area contributed by atoms with E-state index in [0.717, 1.165) is 0 Å². The summed E-state index contributed by atoms with van der Waals surface area (Å²) in [6, 6.07) is 8.27. The smallest absolute Gasteiger partial charge is 0.310 e. The number of nitrogens with one attached hydrogen (secondary N) is 1. The minimum atomic E-state index is -0.996. The average molecular weight is 329 g/mol. The van der Waals surface area contributed by atoms with Gasteiger partial charge in [-0.15, -0.1) is 0 Å². The lowest BCUT2D eigenvalue weighted by Crippen LogP contribution is -2.12. The number of aliphatic carboxylic acids is 1. The summed E-state index contributed by atoms with van der Waals surface area (Å²) in [7, 11) is 0. The number of pyridine rings is 1. The summed E-state index contributed by atoms with van der Waals surface area (Å²) in [5, 5.41) is 10.6. The normalized spacial score (nSPS) is 12.3. The number of aromatic amines is 1. The number of ketones is 1. The van der Waals surface area contributed by atoms with E-state index in [-0.39, 0.29) is 11.5 Å². The number of carboxylic acid groups (broad SMARTS) is 1. The third-order valence-electron chi connectivity index (χ3n) is 3.77. The summed E-state index contributed by atoms with van der Waals surface area (Å²) in [6.07, 6.45) is 3.04. The van der Waals surface area contributed by atoms with Crippen molar-refractivity contribution in [2.75, 3.05) is 0 Å².